The van der Waals surface area contributed by atoms with Gasteiger partial charge in [-0.05, 0) is 42.5 Å². The summed E-state index contributed by atoms with van der Waals surface area (Å²) in [6, 6.07) is 5.30. The van der Waals surface area contributed by atoms with Gasteiger partial charge < -0.3 is 14.3 Å². The van der Waals surface area contributed by atoms with E-state index >= 15 is 0 Å². The van der Waals surface area contributed by atoms with E-state index < -0.39 is 5.41 Å². The molecule has 1 aromatic rings. The lowest BCUT2D eigenvalue weighted by molar-refractivity contribution is -0.155. The van der Waals surface area contributed by atoms with Crippen molar-refractivity contribution in [2.24, 2.45) is 5.41 Å². The molecule has 0 N–H and O–H groups in total. The molecule has 0 aliphatic heterocycles. The van der Waals surface area contributed by atoms with E-state index in [1.165, 1.54) is 14.2 Å². The Hall–Kier alpha value is -2.17. The van der Waals surface area contributed by atoms with Gasteiger partial charge in [0.1, 0.15) is 6.29 Å². The summed E-state index contributed by atoms with van der Waals surface area (Å²) in [4.78, 5) is 34.5. The maximum Gasteiger partial charge on any atom is 0.337 e. The summed E-state index contributed by atoms with van der Waals surface area (Å²) in [5, 5.41) is 0. The molecule has 0 saturated heterocycles. The molecule has 0 radical (unpaired) electrons. The molecule has 0 heterocycles. The number of aryl methyl sites for hydroxylation is 1. The van der Waals surface area contributed by atoms with Crippen LogP contribution in [0.4, 0.5) is 0 Å². The summed E-state index contributed by atoms with van der Waals surface area (Å²) in [7, 11) is 2.68. The Labute approximate surface area is 123 Å². The summed E-state index contributed by atoms with van der Waals surface area (Å²) in [6.45, 7) is 0. The van der Waals surface area contributed by atoms with Crippen molar-refractivity contribution in [3.63, 3.8) is 0 Å². The molecular formula is C16H18O5. The molecule has 0 aromatic heterocycles. The standard InChI is InChI=1S/C16H18O5/c1-20-14(18)12-3-4-13-10-16(7-8-17,15(19)21-2)6-5-11(13)9-12/h3-4,8-9H,5-7,10H2,1-2H3. The highest BCUT2D eigenvalue weighted by Gasteiger charge is 2.42. The van der Waals surface area contributed by atoms with Crippen LogP contribution in [0.25, 0.3) is 0 Å². The lowest BCUT2D eigenvalue weighted by Gasteiger charge is -2.34. The van der Waals surface area contributed by atoms with Crippen molar-refractivity contribution in [2.75, 3.05) is 14.2 Å². The zero-order chi connectivity index (χ0) is 15.5. The number of aldehydes is 1. The van der Waals surface area contributed by atoms with Gasteiger partial charge in [-0.15, -0.1) is 0 Å². The van der Waals surface area contributed by atoms with Crippen LogP contribution in [0, 0.1) is 5.41 Å². The number of carbonyl (C=O) groups is 3. The van der Waals surface area contributed by atoms with Crippen LogP contribution in [0.3, 0.4) is 0 Å². The van der Waals surface area contributed by atoms with Gasteiger partial charge in [-0.2, -0.15) is 0 Å². The molecular weight excluding hydrogens is 272 g/mol. The van der Waals surface area contributed by atoms with Gasteiger partial charge in [-0.1, -0.05) is 6.07 Å². The Morgan fingerprint density at radius 2 is 2.00 bits per heavy atom. The number of methoxy groups -OCH3 is 2. The van der Waals surface area contributed by atoms with Crippen molar-refractivity contribution in [2.45, 2.75) is 25.7 Å². The first kappa shape index (κ1) is 15.2. The second-order valence-corrected chi connectivity index (χ2v) is 5.29. The van der Waals surface area contributed by atoms with E-state index in [9.17, 15) is 14.4 Å². The van der Waals surface area contributed by atoms with Crippen molar-refractivity contribution < 1.29 is 23.9 Å². The second-order valence-electron chi connectivity index (χ2n) is 5.29. The van der Waals surface area contributed by atoms with Gasteiger partial charge >= 0.3 is 11.9 Å². The predicted molar refractivity (Wildman–Crippen MR) is 74.9 cm³/mol. The minimum atomic E-state index is -0.781. The van der Waals surface area contributed by atoms with Gasteiger partial charge in [0.2, 0.25) is 0 Å². The molecule has 5 heteroatoms. The zero-order valence-electron chi connectivity index (χ0n) is 12.2. The van der Waals surface area contributed by atoms with E-state index in [0.29, 0.717) is 24.8 Å². The first-order valence-corrected chi connectivity index (χ1v) is 6.78. The van der Waals surface area contributed by atoms with Crippen LogP contribution >= 0.6 is 0 Å². The number of hydrogen-bond donors (Lipinski definition) is 0. The van der Waals surface area contributed by atoms with Gasteiger partial charge in [0, 0.05) is 6.42 Å². The normalized spacial score (nSPS) is 20.3. The fourth-order valence-corrected chi connectivity index (χ4v) is 2.91. The quantitative estimate of drug-likeness (QED) is 0.623. The zero-order valence-corrected chi connectivity index (χ0v) is 12.2. The first-order valence-electron chi connectivity index (χ1n) is 6.78. The molecule has 1 atom stereocenters. The van der Waals surface area contributed by atoms with Crippen LogP contribution in [0.15, 0.2) is 18.2 Å². The Balaban J connectivity index is 2.33. The third-order valence-electron chi connectivity index (χ3n) is 4.12. The summed E-state index contributed by atoms with van der Waals surface area (Å²) >= 11 is 0. The molecule has 1 unspecified atom stereocenters. The van der Waals surface area contributed by atoms with E-state index in [1.54, 1.807) is 12.1 Å². The van der Waals surface area contributed by atoms with E-state index in [0.717, 1.165) is 17.4 Å². The average molecular weight is 290 g/mol. The number of benzene rings is 1. The molecule has 2 rings (SSSR count). The molecule has 1 aliphatic rings. The van der Waals surface area contributed by atoms with Gasteiger partial charge in [-0.3, -0.25) is 4.79 Å². The van der Waals surface area contributed by atoms with Crippen molar-refractivity contribution in [1.29, 1.82) is 0 Å². The predicted octanol–water partition coefficient (Wildman–Crippen LogP) is 1.71. The van der Waals surface area contributed by atoms with Crippen LogP contribution in [0.2, 0.25) is 0 Å². The minimum Gasteiger partial charge on any atom is -0.469 e. The topological polar surface area (TPSA) is 69.7 Å². The Bertz CT molecular complexity index is 578. The van der Waals surface area contributed by atoms with Gasteiger partial charge in [0.15, 0.2) is 0 Å². The number of carbonyl (C=O) groups excluding carboxylic acids is 3. The highest BCUT2D eigenvalue weighted by Crippen LogP contribution is 2.39. The van der Waals surface area contributed by atoms with Crippen LogP contribution in [-0.4, -0.2) is 32.4 Å². The highest BCUT2D eigenvalue weighted by atomic mass is 16.5. The molecule has 112 valence electrons. The van der Waals surface area contributed by atoms with E-state index in [4.69, 9.17) is 9.47 Å². The number of hydrogen-bond acceptors (Lipinski definition) is 5. The van der Waals surface area contributed by atoms with Gasteiger partial charge in [0.05, 0.1) is 25.2 Å². The molecule has 0 spiro atoms. The lowest BCUT2D eigenvalue weighted by Crippen LogP contribution is -2.38. The molecule has 0 fully saturated rings. The minimum absolute atomic E-state index is 0.151. The maximum absolute atomic E-state index is 12.1. The van der Waals surface area contributed by atoms with Crippen LogP contribution in [0.5, 0.6) is 0 Å². The number of rotatable bonds is 4. The monoisotopic (exact) mass is 290 g/mol. The Kier molecular flexibility index (Phi) is 4.40. The van der Waals surface area contributed by atoms with Gasteiger partial charge in [-0.25, -0.2) is 4.79 Å². The van der Waals surface area contributed by atoms with Crippen molar-refractivity contribution in [1.82, 2.24) is 0 Å². The van der Waals surface area contributed by atoms with Crippen molar-refractivity contribution in [3.8, 4) is 0 Å². The van der Waals surface area contributed by atoms with Crippen molar-refractivity contribution in [3.05, 3.63) is 34.9 Å². The van der Waals surface area contributed by atoms with Crippen LogP contribution in [-0.2, 0) is 31.9 Å². The lowest BCUT2D eigenvalue weighted by atomic mass is 9.69. The number of esters is 2. The third-order valence-corrected chi connectivity index (χ3v) is 4.12. The fourth-order valence-electron chi connectivity index (χ4n) is 2.91. The van der Waals surface area contributed by atoms with E-state index in [1.807, 2.05) is 6.07 Å². The molecule has 0 amide bonds. The highest BCUT2D eigenvalue weighted by molar-refractivity contribution is 5.89. The summed E-state index contributed by atoms with van der Waals surface area (Å²) in [6.07, 6.45) is 2.54. The molecule has 1 aromatic carbocycles. The molecule has 1 aliphatic carbocycles. The summed E-state index contributed by atoms with van der Waals surface area (Å²) in [5.74, 6) is -0.729. The molecule has 0 saturated carbocycles. The fraction of sp³-hybridized carbons (Fsp3) is 0.438. The largest absolute Gasteiger partial charge is 0.469 e. The number of ether oxygens (including phenoxy) is 2. The van der Waals surface area contributed by atoms with Gasteiger partial charge in [0.25, 0.3) is 0 Å². The summed E-state index contributed by atoms with van der Waals surface area (Å²) in [5.41, 5.74) is 1.71. The van der Waals surface area contributed by atoms with Crippen molar-refractivity contribution >= 4 is 18.2 Å². The summed E-state index contributed by atoms with van der Waals surface area (Å²) < 4.78 is 9.57. The maximum atomic E-state index is 12.1. The molecule has 21 heavy (non-hydrogen) atoms. The number of fused-ring (bicyclic) bond motifs is 1. The molecule has 5 nitrogen and oxygen atoms in total. The van der Waals surface area contributed by atoms with E-state index in [-0.39, 0.29) is 18.4 Å². The Morgan fingerprint density at radius 1 is 1.24 bits per heavy atom. The molecule has 0 bridgehead atoms. The SMILES string of the molecule is COC(=O)c1ccc2c(c1)CCC(CC=O)(C(=O)OC)C2. The second kappa shape index (κ2) is 6.08. The average Bonchev–Trinajstić information content (AvgIpc) is 2.52. The smallest absolute Gasteiger partial charge is 0.337 e. The first-order chi connectivity index (χ1) is 10.1. The van der Waals surface area contributed by atoms with E-state index in [2.05, 4.69) is 0 Å². The van der Waals surface area contributed by atoms with Crippen LogP contribution < -0.4 is 0 Å². The Morgan fingerprint density at radius 3 is 2.62 bits per heavy atom. The van der Waals surface area contributed by atoms with Crippen LogP contribution in [0.1, 0.15) is 34.3 Å². The third kappa shape index (κ3) is 2.82.